The highest BCUT2D eigenvalue weighted by molar-refractivity contribution is 5.66. The lowest BCUT2D eigenvalue weighted by Gasteiger charge is -2.55. The van der Waals surface area contributed by atoms with Gasteiger partial charge in [-0.1, -0.05) is 50.3 Å². The minimum atomic E-state index is -0.282. The maximum Gasteiger partial charge on any atom is 0.302 e. The Bertz CT molecular complexity index is 918. The molecule has 0 radical (unpaired) electrons. The van der Waals surface area contributed by atoms with Crippen LogP contribution in [0.25, 0.3) is 6.08 Å². The van der Waals surface area contributed by atoms with E-state index in [0.29, 0.717) is 12.5 Å². The molecule has 4 rings (SSSR count). The molecule has 0 amide bonds. The van der Waals surface area contributed by atoms with E-state index in [0.717, 1.165) is 56.3 Å². The van der Waals surface area contributed by atoms with Gasteiger partial charge in [-0.05, 0) is 86.3 Å². The summed E-state index contributed by atoms with van der Waals surface area (Å²) in [5, 5.41) is 10.6. The highest BCUT2D eigenvalue weighted by atomic mass is 16.5. The Hall–Kier alpha value is -2.07. The Morgan fingerprint density at radius 3 is 2.56 bits per heavy atom. The third-order valence-electron chi connectivity index (χ3n) is 9.40. The van der Waals surface area contributed by atoms with Crippen molar-refractivity contribution in [3.63, 3.8) is 0 Å². The fraction of sp³-hybridized carbons (Fsp3) is 0.633. The van der Waals surface area contributed by atoms with Gasteiger partial charge in [0.05, 0.1) is 12.7 Å². The van der Waals surface area contributed by atoms with Crippen LogP contribution >= 0.6 is 0 Å². The maximum absolute atomic E-state index is 12.2. The average Bonchev–Trinajstić information content (AvgIpc) is 3.10. The van der Waals surface area contributed by atoms with Crippen molar-refractivity contribution in [3.05, 3.63) is 48.1 Å². The van der Waals surface area contributed by atoms with Crippen LogP contribution < -0.4 is 4.74 Å². The largest absolute Gasteiger partial charge is 0.494 e. The van der Waals surface area contributed by atoms with Crippen molar-refractivity contribution in [2.75, 3.05) is 6.61 Å². The number of hydrogen-bond acceptors (Lipinski definition) is 4. The smallest absolute Gasteiger partial charge is 0.302 e. The monoisotopic (exact) mass is 466 g/mol. The Balaban J connectivity index is 1.62. The molecular formula is C30H42O4. The molecule has 4 nitrogen and oxygen atoms in total. The van der Waals surface area contributed by atoms with Crippen LogP contribution in [-0.4, -0.2) is 29.9 Å². The number of ether oxygens (including phenoxy) is 2. The van der Waals surface area contributed by atoms with Gasteiger partial charge in [-0.3, -0.25) is 4.79 Å². The first-order chi connectivity index (χ1) is 16.2. The molecule has 4 heteroatoms. The van der Waals surface area contributed by atoms with Crippen LogP contribution in [0.4, 0.5) is 0 Å². The van der Waals surface area contributed by atoms with Crippen LogP contribution in [0.1, 0.15) is 78.2 Å². The zero-order chi connectivity index (χ0) is 24.5. The molecule has 0 saturated heterocycles. The van der Waals surface area contributed by atoms with Gasteiger partial charge in [0.2, 0.25) is 0 Å². The second kappa shape index (κ2) is 9.89. The Morgan fingerprint density at radius 1 is 1.15 bits per heavy atom. The molecule has 3 aliphatic carbocycles. The first-order valence-corrected chi connectivity index (χ1v) is 13.1. The molecular weight excluding hydrogens is 424 g/mol. The molecule has 3 unspecified atom stereocenters. The molecule has 1 aromatic carbocycles. The van der Waals surface area contributed by atoms with Crippen LogP contribution in [0.2, 0.25) is 0 Å². The highest BCUT2D eigenvalue weighted by Crippen LogP contribution is 2.62. The van der Waals surface area contributed by atoms with Crippen LogP contribution in [0.5, 0.6) is 5.75 Å². The Labute approximate surface area is 205 Å². The number of rotatable bonds is 6. The van der Waals surface area contributed by atoms with Gasteiger partial charge in [0.1, 0.15) is 11.9 Å². The fourth-order valence-electron chi connectivity index (χ4n) is 7.22. The molecule has 3 fully saturated rings. The lowest BCUT2D eigenvalue weighted by atomic mass is 9.51. The molecule has 34 heavy (non-hydrogen) atoms. The van der Waals surface area contributed by atoms with E-state index in [9.17, 15) is 9.90 Å². The van der Waals surface area contributed by atoms with Gasteiger partial charge in [-0.25, -0.2) is 0 Å². The molecule has 7 atom stereocenters. The lowest BCUT2D eigenvalue weighted by Crippen LogP contribution is -2.53. The molecule has 0 bridgehead atoms. The topological polar surface area (TPSA) is 55.8 Å². The molecule has 186 valence electrons. The number of fused-ring (bicyclic) bond motifs is 1. The predicted molar refractivity (Wildman–Crippen MR) is 136 cm³/mol. The van der Waals surface area contributed by atoms with E-state index < -0.39 is 0 Å². The fourth-order valence-corrected chi connectivity index (χ4v) is 7.22. The van der Waals surface area contributed by atoms with Crippen molar-refractivity contribution in [3.8, 4) is 5.75 Å². The van der Waals surface area contributed by atoms with Crippen LogP contribution in [0, 0.1) is 28.6 Å². The zero-order valence-electron chi connectivity index (χ0n) is 21.4. The van der Waals surface area contributed by atoms with Crippen molar-refractivity contribution in [2.45, 2.75) is 84.8 Å². The van der Waals surface area contributed by atoms with E-state index in [-0.39, 0.29) is 40.8 Å². The SMILES string of the molecule is C=C1CCC2[C@H](OC(C)=O)C([C@]3(C)CC[C@@H](O)C[C@H]3C=Cc3ccc(OCC)cc3)CCC12C. The highest BCUT2D eigenvalue weighted by Gasteiger charge is 2.58. The molecule has 0 aliphatic heterocycles. The minimum Gasteiger partial charge on any atom is -0.494 e. The summed E-state index contributed by atoms with van der Waals surface area (Å²) in [5.74, 6) is 1.53. The van der Waals surface area contributed by atoms with Gasteiger partial charge in [0.15, 0.2) is 0 Å². The number of benzene rings is 1. The predicted octanol–water partition coefficient (Wildman–Crippen LogP) is 6.58. The first-order valence-electron chi connectivity index (χ1n) is 13.1. The summed E-state index contributed by atoms with van der Waals surface area (Å²) < 4.78 is 11.7. The van der Waals surface area contributed by atoms with E-state index in [1.807, 2.05) is 19.1 Å². The van der Waals surface area contributed by atoms with Gasteiger partial charge in [0, 0.05) is 18.8 Å². The average molecular weight is 467 g/mol. The minimum absolute atomic E-state index is 0.0354. The summed E-state index contributed by atoms with van der Waals surface area (Å²) in [4.78, 5) is 12.2. The van der Waals surface area contributed by atoms with Crippen molar-refractivity contribution >= 4 is 12.0 Å². The summed E-state index contributed by atoms with van der Waals surface area (Å²) in [5.41, 5.74) is 2.48. The van der Waals surface area contributed by atoms with E-state index in [1.165, 1.54) is 5.57 Å². The Morgan fingerprint density at radius 2 is 1.88 bits per heavy atom. The molecule has 3 saturated carbocycles. The quantitative estimate of drug-likeness (QED) is 0.380. The molecule has 0 heterocycles. The van der Waals surface area contributed by atoms with Gasteiger partial charge in [0.25, 0.3) is 0 Å². The number of allylic oxidation sites excluding steroid dienone is 2. The van der Waals surface area contributed by atoms with Gasteiger partial charge in [-0.15, -0.1) is 0 Å². The number of aliphatic hydroxyl groups is 1. The molecule has 3 aliphatic rings. The van der Waals surface area contributed by atoms with Gasteiger partial charge in [-0.2, -0.15) is 0 Å². The zero-order valence-corrected chi connectivity index (χ0v) is 21.4. The summed E-state index contributed by atoms with van der Waals surface area (Å²) >= 11 is 0. The third kappa shape index (κ3) is 4.71. The van der Waals surface area contributed by atoms with Gasteiger partial charge < -0.3 is 14.6 Å². The second-order valence-corrected chi connectivity index (χ2v) is 11.3. The van der Waals surface area contributed by atoms with Crippen molar-refractivity contribution in [1.82, 2.24) is 0 Å². The van der Waals surface area contributed by atoms with E-state index >= 15 is 0 Å². The van der Waals surface area contributed by atoms with Crippen molar-refractivity contribution < 1.29 is 19.4 Å². The third-order valence-corrected chi connectivity index (χ3v) is 9.40. The van der Waals surface area contributed by atoms with Crippen molar-refractivity contribution in [1.29, 1.82) is 0 Å². The van der Waals surface area contributed by atoms with E-state index in [1.54, 1.807) is 6.92 Å². The lowest BCUT2D eigenvalue weighted by molar-refractivity contribution is -0.171. The van der Waals surface area contributed by atoms with Crippen LogP contribution in [0.15, 0.2) is 42.5 Å². The summed E-state index contributed by atoms with van der Waals surface area (Å²) in [6, 6.07) is 8.17. The van der Waals surface area contributed by atoms with Crippen LogP contribution in [-0.2, 0) is 9.53 Å². The number of carbonyl (C=O) groups is 1. The van der Waals surface area contributed by atoms with Crippen molar-refractivity contribution in [2.24, 2.45) is 28.6 Å². The normalized spacial score (nSPS) is 38.0. The Kier molecular flexibility index (Phi) is 7.28. The molecule has 0 spiro atoms. The number of carbonyl (C=O) groups excluding carboxylic acids is 1. The maximum atomic E-state index is 12.2. The summed E-state index contributed by atoms with van der Waals surface area (Å²) in [6.07, 6.45) is 10.8. The molecule has 1 aromatic rings. The van der Waals surface area contributed by atoms with E-state index in [4.69, 9.17) is 9.47 Å². The van der Waals surface area contributed by atoms with Gasteiger partial charge >= 0.3 is 5.97 Å². The molecule has 1 N–H and O–H groups in total. The molecule has 0 aromatic heterocycles. The van der Waals surface area contributed by atoms with E-state index in [2.05, 4.69) is 44.7 Å². The second-order valence-electron chi connectivity index (χ2n) is 11.3. The number of esters is 1. The first kappa shape index (κ1) is 25.0. The number of aliphatic hydroxyl groups excluding tert-OH is 1. The number of hydrogen-bond donors (Lipinski definition) is 1. The van der Waals surface area contributed by atoms with Crippen LogP contribution in [0.3, 0.4) is 0 Å². The standard InChI is InChI=1S/C30H42O4/c1-6-33-25-12-9-22(10-13-25)8-11-23-19-24(32)15-17-30(23,5)27-16-18-29(4)20(2)7-14-26(29)28(27)34-21(3)31/h8-13,23-24,26-28,32H,2,6-7,14-19H2,1,3-5H3/t23-,24-,26?,27?,28+,29?,30-/m1/s1. The summed E-state index contributed by atoms with van der Waals surface area (Å²) in [7, 11) is 0. The summed E-state index contributed by atoms with van der Waals surface area (Å²) in [6.45, 7) is 13.3.